The molecular weight excluding hydrogens is 988 g/mol. The first kappa shape index (κ1) is 51.8. The van der Waals surface area contributed by atoms with Crippen LogP contribution in [0.4, 0.5) is 13.2 Å². The van der Waals surface area contributed by atoms with E-state index in [9.17, 15) is 5.26 Å². The minimum atomic E-state index is -4.69. The number of alkyl halides is 3. The van der Waals surface area contributed by atoms with E-state index in [2.05, 4.69) is 220 Å². The molecule has 2 aromatic heterocycles. The molecule has 10 aromatic carbocycles. The van der Waals surface area contributed by atoms with Gasteiger partial charge in [0.05, 0.1) is 50.6 Å². The number of nitrogens with zero attached hydrogens (tertiary/aromatic N) is 3. The SMILES string of the molecule is Cc1cc(C)c(-c2ccc3c(c2)c2cc(-c4c(C)cc(C)cc4C)ccc2n3-c2ccc(C(F)(F)F)cc2-c2c(C#N)cccc2-n2c3ccc(-c4c(C)cc(C)cc4C)cc3c3cc(-c4c(C)cc(C)cc4C)ccc32)c(C)c1. The van der Waals surface area contributed by atoms with Gasteiger partial charge in [0.25, 0.3) is 0 Å². The Morgan fingerprint density at radius 3 is 0.950 bits per heavy atom. The van der Waals surface area contributed by atoms with Crippen LogP contribution in [0.3, 0.4) is 0 Å². The van der Waals surface area contributed by atoms with Gasteiger partial charge in [-0.1, -0.05) is 101 Å². The Labute approximate surface area is 466 Å². The van der Waals surface area contributed by atoms with Crippen molar-refractivity contribution in [3.05, 3.63) is 236 Å². The molecule has 0 spiro atoms. The van der Waals surface area contributed by atoms with Crippen LogP contribution in [0, 0.1) is 94.4 Å². The summed E-state index contributed by atoms with van der Waals surface area (Å²) in [6, 6.07) is 55.8. The third-order valence-corrected chi connectivity index (χ3v) is 16.6. The van der Waals surface area contributed by atoms with Crippen molar-refractivity contribution < 1.29 is 13.2 Å². The summed E-state index contributed by atoms with van der Waals surface area (Å²) in [7, 11) is 0. The van der Waals surface area contributed by atoms with Gasteiger partial charge >= 0.3 is 6.18 Å². The molecule has 2 heterocycles. The van der Waals surface area contributed by atoms with E-state index < -0.39 is 11.7 Å². The van der Waals surface area contributed by atoms with Gasteiger partial charge in [-0.3, -0.25) is 0 Å². The molecule has 0 aliphatic carbocycles. The topological polar surface area (TPSA) is 33.6 Å². The van der Waals surface area contributed by atoms with Gasteiger partial charge in [-0.25, -0.2) is 0 Å². The molecule has 12 rings (SSSR count). The largest absolute Gasteiger partial charge is 0.416 e. The molecule has 0 amide bonds. The quantitative estimate of drug-likeness (QED) is 0.157. The summed E-state index contributed by atoms with van der Waals surface area (Å²) in [5.41, 5.74) is 27.7. The van der Waals surface area contributed by atoms with Crippen LogP contribution < -0.4 is 0 Å². The first-order valence-electron chi connectivity index (χ1n) is 27.4. The molecule has 0 radical (unpaired) electrons. The summed E-state index contributed by atoms with van der Waals surface area (Å²) >= 11 is 0. The lowest BCUT2D eigenvalue weighted by molar-refractivity contribution is -0.137. The number of aromatic nitrogens is 2. The maximum absolute atomic E-state index is 15.5. The second kappa shape index (κ2) is 19.2. The lowest BCUT2D eigenvalue weighted by Gasteiger charge is -2.21. The minimum absolute atomic E-state index is 0.254. The predicted molar refractivity (Wildman–Crippen MR) is 329 cm³/mol. The molecule has 0 saturated carbocycles. The molecule has 6 heteroatoms. The molecule has 0 aliphatic heterocycles. The van der Waals surface area contributed by atoms with Crippen LogP contribution in [0.5, 0.6) is 0 Å². The zero-order chi connectivity index (χ0) is 56.4. The lowest BCUT2D eigenvalue weighted by Crippen LogP contribution is -2.08. The molecule has 394 valence electrons. The third kappa shape index (κ3) is 8.50. The van der Waals surface area contributed by atoms with Crippen LogP contribution >= 0.6 is 0 Å². The number of rotatable bonds is 7. The number of fused-ring (bicyclic) bond motifs is 6. The number of hydrogen-bond acceptors (Lipinski definition) is 1. The van der Waals surface area contributed by atoms with Gasteiger partial charge in [0, 0.05) is 32.7 Å². The van der Waals surface area contributed by atoms with Gasteiger partial charge in [0.15, 0.2) is 0 Å². The fraction of sp³-hybridized carbons (Fsp3) is 0.176. The van der Waals surface area contributed by atoms with Gasteiger partial charge in [0.1, 0.15) is 0 Å². The van der Waals surface area contributed by atoms with E-state index in [0.29, 0.717) is 16.9 Å². The van der Waals surface area contributed by atoms with Crippen LogP contribution in [-0.4, -0.2) is 9.13 Å². The van der Waals surface area contributed by atoms with E-state index in [0.717, 1.165) is 77.0 Å². The molecule has 12 aromatic rings. The average molecular weight is 1050 g/mol. The molecule has 0 aliphatic rings. The second-order valence-electron chi connectivity index (χ2n) is 22.7. The Morgan fingerprint density at radius 2 is 0.650 bits per heavy atom. The third-order valence-electron chi connectivity index (χ3n) is 16.6. The Kier molecular flexibility index (Phi) is 12.4. The maximum atomic E-state index is 15.5. The Balaban J connectivity index is 1.18. The summed E-state index contributed by atoms with van der Waals surface area (Å²) < 4.78 is 50.7. The molecule has 80 heavy (non-hydrogen) atoms. The van der Waals surface area contributed by atoms with Crippen molar-refractivity contribution >= 4 is 43.6 Å². The fourth-order valence-electron chi connectivity index (χ4n) is 13.9. The predicted octanol–water partition coefficient (Wildman–Crippen LogP) is 20.8. The minimum Gasteiger partial charge on any atom is -0.309 e. The van der Waals surface area contributed by atoms with Gasteiger partial charge < -0.3 is 9.13 Å². The van der Waals surface area contributed by atoms with Crippen LogP contribution in [-0.2, 0) is 6.18 Å². The molecule has 0 atom stereocenters. The van der Waals surface area contributed by atoms with E-state index >= 15 is 13.2 Å². The average Bonchev–Trinajstić information content (AvgIpc) is 3.93. The van der Waals surface area contributed by atoms with Gasteiger partial charge in [-0.15, -0.1) is 0 Å². The Hall–Kier alpha value is -8.92. The maximum Gasteiger partial charge on any atom is 0.416 e. The van der Waals surface area contributed by atoms with E-state index in [1.807, 2.05) is 12.1 Å². The van der Waals surface area contributed by atoms with Crippen LogP contribution in [0.1, 0.15) is 77.9 Å². The van der Waals surface area contributed by atoms with Crippen molar-refractivity contribution in [2.45, 2.75) is 89.3 Å². The molecule has 0 fully saturated rings. The highest BCUT2D eigenvalue weighted by Crippen LogP contribution is 2.47. The van der Waals surface area contributed by atoms with E-state index in [4.69, 9.17) is 0 Å². The second-order valence-corrected chi connectivity index (χ2v) is 22.7. The summed E-state index contributed by atoms with van der Waals surface area (Å²) in [5, 5.41) is 15.2. The van der Waals surface area contributed by atoms with Gasteiger partial charge in [-0.05, 0) is 251 Å². The number of hydrogen-bond donors (Lipinski definition) is 0. The van der Waals surface area contributed by atoms with Crippen molar-refractivity contribution in [3.8, 4) is 73.1 Å². The highest BCUT2D eigenvalue weighted by atomic mass is 19.4. The zero-order valence-corrected chi connectivity index (χ0v) is 47.5. The fourth-order valence-corrected chi connectivity index (χ4v) is 13.9. The van der Waals surface area contributed by atoms with Crippen molar-refractivity contribution in [1.82, 2.24) is 9.13 Å². The lowest BCUT2D eigenvalue weighted by atomic mass is 9.91. The smallest absolute Gasteiger partial charge is 0.309 e. The summed E-state index contributed by atoms with van der Waals surface area (Å²) in [6.07, 6.45) is -4.69. The van der Waals surface area contributed by atoms with Crippen LogP contribution in [0.15, 0.2) is 158 Å². The van der Waals surface area contributed by atoms with Crippen molar-refractivity contribution in [2.75, 3.05) is 0 Å². The van der Waals surface area contributed by atoms with Crippen LogP contribution in [0.25, 0.3) is 111 Å². The molecule has 0 unspecified atom stereocenters. The number of aryl methyl sites for hydroxylation is 12. The van der Waals surface area contributed by atoms with Crippen molar-refractivity contribution in [2.24, 2.45) is 0 Å². The first-order valence-corrected chi connectivity index (χ1v) is 27.4. The summed E-state index contributed by atoms with van der Waals surface area (Å²) in [4.78, 5) is 0. The normalized spacial score (nSPS) is 11.9. The number of benzene rings is 10. The molecule has 3 nitrogen and oxygen atoms in total. The Morgan fingerprint density at radius 1 is 0.338 bits per heavy atom. The van der Waals surface area contributed by atoms with Crippen molar-refractivity contribution in [1.29, 1.82) is 5.26 Å². The monoisotopic (exact) mass is 1050 g/mol. The van der Waals surface area contributed by atoms with E-state index in [-0.39, 0.29) is 11.1 Å². The van der Waals surface area contributed by atoms with Gasteiger partial charge in [0.2, 0.25) is 0 Å². The molecule has 0 bridgehead atoms. The van der Waals surface area contributed by atoms with E-state index in [1.54, 1.807) is 12.1 Å². The molecule has 0 N–H and O–H groups in total. The van der Waals surface area contributed by atoms with Gasteiger partial charge in [-0.2, -0.15) is 18.4 Å². The summed E-state index contributed by atoms with van der Waals surface area (Å²) in [6.45, 7) is 25.7. The highest BCUT2D eigenvalue weighted by molar-refractivity contribution is 6.14. The number of halogens is 3. The molecule has 0 saturated heterocycles. The number of nitriles is 1. The van der Waals surface area contributed by atoms with Crippen molar-refractivity contribution in [3.63, 3.8) is 0 Å². The summed E-state index contributed by atoms with van der Waals surface area (Å²) in [5.74, 6) is 0. The highest BCUT2D eigenvalue weighted by Gasteiger charge is 2.33. The first-order chi connectivity index (χ1) is 38.2. The standard InChI is InChI=1S/C74H62F3N3/c1-40-26-44(5)69(45(6)27-40)52-16-21-63-58(34-52)59-35-53(70-46(7)28-41(2)29-47(70)8)17-22-64(59)79(63)67-25-20-57(74(75,76)77)38-62(67)73-56(39-78)14-13-15-68(73)80-65-23-18-54(71-48(9)30-42(3)31-49(71)10)36-60(65)61-37-55(19-24-66(61)80)72-50(11)32-43(4)33-51(72)12/h13-38H,1-12H3. The Bertz CT molecular complexity index is 4340. The van der Waals surface area contributed by atoms with Crippen LogP contribution in [0.2, 0.25) is 0 Å². The van der Waals surface area contributed by atoms with E-state index in [1.165, 1.54) is 90.0 Å². The zero-order valence-electron chi connectivity index (χ0n) is 47.5. The molecular formula is C74H62F3N3.